The highest BCUT2D eigenvalue weighted by Gasteiger charge is 2.61. The number of benzene rings is 1. The van der Waals surface area contributed by atoms with E-state index in [4.69, 9.17) is 9.47 Å². The van der Waals surface area contributed by atoms with Crippen molar-refractivity contribution in [3.05, 3.63) is 49.2 Å². The van der Waals surface area contributed by atoms with Gasteiger partial charge in [0.15, 0.2) is 0 Å². The van der Waals surface area contributed by atoms with Crippen LogP contribution in [0.3, 0.4) is 0 Å². The molecule has 7 nitrogen and oxygen atoms in total. The molecule has 2 aliphatic rings. The maximum atomic E-state index is 12.8. The van der Waals surface area contributed by atoms with Gasteiger partial charge in [-0.1, -0.05) is 24.3 Å². The minimum atomic E-state index is -0.980. The first kappa shape index (κ1) is 19.4. The van der Waals surface area contributed by atoms with Gasteiger partial charge in [0.1, 0.15) is 11.6 Å². The van der Waals surface area contributed by atoms with E-state index < -0.39 is 17.6 Å². The van der Waals surface area contributed by atoms with Crippen LogP contribution in [0.15, 0.2) is 49.2 Å². The Kier molecular flexibility index (Phi) is 5.24. The van der Waals surface area contributed by atoms with Crippen LogP contribution in [0.1, 0.15) is 19.8 Å². The van der Waals surface area contributed by atoms with Crippen molar-refractivity contribution >= 4 is 22.6 Å². The summed E-state index contributed by atoms with van der Waals surface area (Å²) in [5.74, 6) is -0.157. The summed E-state index contributed by atoms with van der Waals surface area (Å²) in [6.07, 6.45) is 4.24. The molecular formula is C22H25N3O4. The lowest BCUT2D eigenvalue weighted by Gasteiger charge is -2.20. The van der Waals surface area contributed by atoms with E-state index in [9.17, 15) is 9.59 Å². The predicted molar refractivity (Wildman–Crippen MR) is 108 cm³/mol. The molecule has 29 heavy (non-hydrogen) atoms. The number of nitrogens with one attached hydrogen (secondary N) is 2. The van der Waals surface area contributed by atoms with Gasteiger partial charge in [0.2, 0.25) is 11.8 Å². The minimum absolute atomic E-state index is 0.0983. The molecule has 0 spiro atoms. The summed E-state index contributed by atoms with van der Waals surface area (Å²) in [5, 5.41) is 8.07. The van der Waals surface area contributed by atoms with E-state index in [1.165, 1.54) is 0 Å². The Bertz CT molecular complexity index is 941. The molecule has 1 unspecified atom stereocenters. The Hall–Kier alpha value is -2.93. The average Bonchev–Trinajstić information content (AvgIpc) is 3.25. The summed E-state index contributed by atoms with van der Waals surface area (Å²) >= 11 is 0. The zero-order chi connectivity index (χ0) is 20.4. The summed E-state index contributed by atoms with van der Waals surface area (Å²) in [4.78, 5) is 29.5. The molecule has 1 saturated heterocycles. The summed E-state index contributed by atoms with van der Waals surface area (Å²) in [6.45, 7) is 6.30. The molecule has 2 heterocycles. The fraction of sp³-hybridized carbons (Fsp3) is 0.409. The number of carbonyl (C=O) groups is 2. The second kappa shape index (κ2) is 7.83. The zero-order valence-corrected chi connectivity index (χ0v) is 16.4. The molecule has 1 aromatic heterocycles. The summed E-state index contributed by atoms with van der Waals surface area (Å²) in [5.41, 5.74) is -0.980. The highest BCUT2D eigenvalue weighted by molar-refractivity contribution is 5.93. The first-order valence-corrected chi connectivity index (χ1v) is 9.93. The summed E-state index contributed by atoms with van der Waals surface area (Å²) in [6, 6.07) is 9.39. The van der Waals surface area contributed by atoms with Crippen LogP contribution < -0.4 is 15.4 Å². The highest BCUT2D eigenvalue weighted by atomic mass is 16.5. The van der Waals surface area contributed by atoms with Crippen LogP contribution in [0.25, 0.3) is 10.8 Å². The van der Waals surface area contributed by atoms with Crippen LogP contribution >= 0.6 is 0 Å². The lowest BCUT2D eigenvalue weighted by Crippen LogP contribution is -2.51. The van der Waals surface area contributed by atoms with E-state index in [0.717, 1.165) is 10.8 Å². The second-order valence-corrected chi connectivity index (χ2v) is 7.50. The Morgan fingerprint density at radius 1 is 1.38 bits per heavy atom. The third-order valence-corrected chi connectivity index (χ3v) is 5.61. The van der Waals surface area contributed by atoms with Gasteiger partial charge in [-0.15, -0.1) is 6.58 Å². The quantitative estimate of drug-likeness (QED) is 0.550. The molecule has 1 aliphatic carbocycles. The van der Waals surface area contributed by atoms with Gasteiger partial charge in [-0.05, 0) is 30.9 Å². The molecule has 152 valence electrons. The van der Waals surface area contributed by atoms with Crippen molar-refractivity contribution in [3.63, 3.8) is 0 Å². The number of ether oxygens (including phenoxy) is 2. The number of pyridine rings is 1. The van der Waals surface area contributed by atoms with Crippen molar-refractivity contribution in [3.8, 4) is 5.88 Å². The zero-order valence-electron chi connectivity index (χ0n) is 16.4. The molecule has 4 rings (SSSR count). The van der Waals surface area contributed by atoms with Crippen LogP contribution in [-0.2, 0) is 14.3 Å². The molecule has 4 atom stereocenters. The maximum Gasteiger partial charge on any atom is 0.332 e. The number of amides is 1. The molecule has 1 aliphatic heterocycles. The summed E-state index contributed by atoms with van der Waals surface area (Å²) in [7, 11) is 0. The predicted octanol–water partition coefficient (Wildman–Crippen LogP) is 1.97. The smallest absolute Gasteiger partial charge is 0.332 e. The van der Waals surface area contributed by atoms with Gasteiger partial charge >= 0.3 is 5.97 Å². The first-order chi connectivity index (χ1) is 14.1. The van der Waals surface area contributed by atoms with E-state index in [1.807, 2.05) is 30.3 Å². The highest BCUT2D eigenvalue weighted by Crippen LogP contribution is 2.45. The largest absolute Gasteiger partial charge is 0.472 e. The van der Waals surface area contributed by atoms with Gasteiger partial charge in [-0.25, -0.2) is 9.78 Å². The van der Waals surface area contributed by atoms with Gasteiger partial charge < -0.3 is 20.1 Å². The topological polar surface area (TPSA) is 89.5 Å². The van der Waals surface area contributed by atoms with Crippen molar-refractivity contribution < 1.29 is 19.1 Å². The van der Waals surface area contributed by atoms with E-state index >= 15 is 0 Å². The van der Waals surface area contributed by atoms with E-state index in [0.29, 0.717) is 25.3 Å². The normalized spacial score (nSPS) is 28.0. The van der Waals surface area contributed by atoms with Gasteiger partial charge in [0, 0.05) is 30.5 Å². The SMILES string of the molecule is C=C[C@@H]1C[C@]1(NC(=O)[C@@H]1CC(Oc2nccc3ccccc23)CN1)C(=O)OCC. The molecule has 0 bridgehead atoms. The number of aromatic nitrogens is 1. The van der Waals surface area contributed by atoms with Crippen molar-refractivity contribution in [2.24, 2.45) is 5.92 Å². The van der Waals surface area contributed by atoms with Gasteiger partial charge in [0.25, 0.3) is 0 Å². The molecule has 1 amide bonds. The van der Waals surface area contributed by atoms with Crippen LogP contribution in [0, 0.1) is 5.92 Å². The average molecular weight is 395 g/mol. The lowest BCUT2D eigenvalue weighted by molar-refractivity contribution is -0.149. The third kappa shape index (κ3) is 3.70. The van der Waals surface area contributed by atoms with Crippen LogP contribution in [0.5, 0.6) is 5.88 Å². The Morgan fingerprint density at radius 3 is 2.97 bits per heavy atom. The number of hydrogen-bond acceptors (Lipinski definition) is 6. The molecule has 2 fully saturated rings. The Balaban J connectivity index is 1.40. The van der Waals surface area contributed by atoms with Crippen molar-refractivity contribution in [2.75, 3.05) is 13.2 Å². The maximum absolute atomic E-state index is 12.8. The van der Waals surface area contributed by atoms with E-state index in [-0.39, 0.29) is 24.5 Å². The van der Waals surface area contributed by atoms with Crippen molar-refractivity contribution in [1.29, 1.82) is 0 Å². The fourth-order valence-electron chi connectivity index (χ4n) is 3.91. The van der Waals surface area contributed by atoms with Gasteiger partial charge in [-0.2, -0.15) is 0 Å². The Labute approximate surface area is 169 Å². The lowest BCUT2D eigenvalue weighted by atomic mass is 10.1. The van der Waals surface area contributed by atoms with Gasteiger partial charge in [-0.3, -0.25) is 4.79 Å². The standard InChI is InChI=1S/C22H25N3O4/c1-3-15-12-22(15,21(27)28-4-2)25-19(26)18-11-16(13-24-18)29-20-17-8-6-5-7-14(17)9-10-23-20/h3,5-10,15-16,18,24H,1,4,11-13H2,2H3,(H,25,26)/t15-,16?,18+,22-/m1/s1. The number of carbonyl (C=O) groups excluding carboxylic acids is 2. The number of hydrogen-bond donors (Lipinski definition) is 2. The molecular weight excluding hydrogens is 370 g/mol. The molecule has 0 radical (unpaired) electrons. The molecule has 7 heteroatoms. The summed E-state index contributed by atoms with van der Waals surface area (Å²) < 4.78 is 11.2. The first-order valence-electron chi connectivity index (χ1n) is 9.93. The number of nitrogens with zero attached hydrogens (tertiary/aromatic N) is 1. The minimum Gasteiger partial charge on any atom is -0.472 e. The molecule has 1 saturated carbocycles. The van der Waals surface area contributed by atoms with Crippen LogP contribution in [0.2, 0.25) is 0 Å². The van der Waals surface area contributed by atoms with Crippen molar-refractivity contribution in [2.45, 2.75) is 37.5 Å². The van der Waals surface area contributed by atoms with E-state index in [2.05, 4.69) is 22.2 Å². The third-order valence-electron chi connectivity index (χ3n) is 5.61. The number of esters is 1. The second-order valence-electron chi connectivity index (χ2n) is 7.50. The van der Waals surface area contributed by atoms with Crippen LogP contribution in [-0.4, -0.2) is 47.7 Å². The van der Waals surface area contributed by atoms with E-state index in [1.54, 1.807) is 19.2 Å². The fourth-order valence-corrected chi connectivity index (χ4v) is 3.91. The molecule has 1 aromatic carbocycles. The van der Waals surface area contributed by atoms with Crippen molar-refractivity contribution in [1.82, 2.24) is 15.6 Å². The van der Waals surface area contributed by atoms with Gasteiger partial charge in [0.05, 0.1) is 12.6 Å². The Morgan fingerprint density at radius 2 is 2.21 bits per heavy atom. The molecule has 2 N–H and O–H groups in total. The number of fused-ring (bicyclic) bond motifs is 1. The number of rotatable bonds is 7. The monoisotopic (exact) mass is 395 g/mol. The molecule has 2 aromatic rings. The van der Waals surface area contributed by atoms with Crippen LogP contribution in [0.4, 0.5) is 0 Å².